The molecule has 4 nitrogen and oxygen atoms in total. The van der Waals surface area contributed by atoms with Crippen molar-refractivity contribution >= 4 is 22.6 Å². The molecule has 0 amide bonds. The molecule has 4 N–H and O–H groups in total. The third-order valence-electron chi connectivity index (χ3n) is 3.33. The summed E-state index contributed by atoms with van der Waals surface area (Å²) in [6.45, 7) is 10.1. The zero-order chi connectivity index (χ0) is 19.4. The molecule has 0 spiro atoms. The maximum atomic E-state index is 2.94. The van der Waals surface area contributed by atoms with Gasteiger partial charge in [0, 0.05) is 131 Å². The molecule has 4 heterocycles. The Morgan fingerprint density at radius 2 is 1.00 bits per heavy atom. The van der Waals surface area contributed by atoms with Gasteiger partial charge in [0.1, 0.15) is 0 Å². The second kappa shape index (κ2) is 29.5. The van der Waals surface area contributed by atoms with E-state index in [4.69, 9.17) is 0 Å². The predicted octanol–water partition coefficient (Wildman–Crippen LogP) is 6.67. The van der Waals surface area contributed by atoms with Gasteiger partial charge in [-0.05, 0) is 0 Å². The van der Waals surface area contributed by atoms with Crippen LogP contribution in [0.5, 0.6) is 0 Å². The number of aromatic nitrogens is 4. The Kier molecular flexibility index (Phi) is 43.7. The average Bonchev–Trinajstić information content (AvgIpc) is 3.39. The maximum absolute atomic E-state index is 2.94. The Hall–Kier alpha value is 2.27. The molecule has 0 aromatic carbocycles. The number of hydrogen-bond donors (Lipinski definition) is 4. The third kappa shape index (κ3) is 24.0. The summed E-state index contributed by atoms with van der Waals surface area (Å²) in [6.07, 6.45) is 19.2. The second-order valence-corrected chi connectivity index (χ2v) is 6.84. The minimum absolute atomic E-state index is 0. The first-order valence-electron chi connectivity index (χ1n) is 8.17. The minimum Gasteiger partial charge on any atom is -0.484 e. The summed E-state index contributed by atoms with van der Waals surface area (Å²) in [7, 11) is 0. The fourth-order valence-corrected chi connectivity index (χ4v) is 1.85. The molecule has 0 bridgehead atoms. The van der Waals surface area contributed by atoms with Gasteiger partial charge in [-0.15, -0.1) is 68.9 Å². The zero-order valence-corrected chi connectivity index (χ0v) is 31.7. The van der Waals surface area contributed by atoms with Gasteiger partial charge < -0.3 is 19.9 Å². The van der Waals surface area contributed by atoms with Gasteiger partial charge in [0.15, 0.2) is 0 Å². The van der Waals surface area contributed by atoms with Gasteiger partial charge >= 0.3 is 0 Å². The van der Waals surface area contributed by atoms with Crippen molar-refractivity contribution in [2.24, 2.45) is 0 Å². The Balaban J connectivity index is -0.0000000664. The van der Waals surface area contributed by atoms with E-state index in [1.165, 1.54) is 20.3 Å². The molecule has 0 saturated carbocycles. The number of aryl methyl sites for hydroxylation is 5. The van der Waals surface area contributed by atoms with E-state index in [1.54, 1.807) is 0 Å². The van der Waals surface area contributed by atoms with E-state index in [-0.39, 0.29) is 146 Å². The summed E-state index contributed by atoms with van der Waals surface area (Å²) in [5, 5.41) is 0. The number of H-pyrrole nitrogens is 4. The Morgan fingerprint density at radius 1 is 0.594 bits per heavy atom. The van der Waals surface area contributed by atoms with Gasteiger partial charge in [0.25, 0.3) is 0 Å². The molecular formula is C23H33IN4Y4-4. The maximum Gasteiger partial charge on any atom is 0 e. The summed E-state index contributed by atoms with van der Waals surface area (Å²) < 4.78 is 1.25. The third-order valence-corrected chi connectivity index (χ3v) is 4.45. The zero-order valence-electron chi connectivity index (χ0n) is 18.2. The molecule has 32 heavy (non-hydrogen) atoms. The standard InChI is InChI=1S/C6H8N.C5H5IN.2C5H6N.2CH4.4Y/c1-5-3-7-4-6(5)2;1-4-2-7-3-5(4)6;2*1-5-2-3-6-4-5;;;;;;/h3,7H,1-2H3;3,7H,1H3;2*2-3,6H,1H3;2*1H4;;;;/q4*-1;;;;;;. The van der Waals surface area contributed by atoms with Gasteiger partial charge in [-0.1, -0.05) is 49.5 Å². The number of nitrogens with one attached hydrogen (secondary N) is 4. The molecule has 0 saturated heterocycles. The normalized spacial score (nSPS) is 7.44. The number of hydrogen-bond acceptors (Lipinski definition) is 0. The van der Waals surface area contributed by atoms with Crippen molar-refractivity contribution in [1.82, 2.24) is 19.9 Å². The van der Waals surface area contributed by atoms with E-state index in [0.717, 1.165) is 11.1 Å². The van der Waals surface area contributed by atoms with E-state index in [9.17, 15) is 0 Å². The predicted molar refractivity (Wildman–Crippen MR) is 128 cm³/mol. The molecular weight excluding hydrogens is 815 g/mol. The smallest absolute Gasteiger partial charge is 0 e. The Labute approximate surface area is 310 Å². The van der Waals surface area contributed by atoms with Gasteiger partial charge in [-0.25, -0.2) is 0 Å². The van der Waals surface area contributed by atoms with Crippen molar-refractivity contribution in [3.8, 4) is 0 Å². The molecule has 4 aromatic rings. The molecule has 9 heteroatoms. The van der Waals surface area contributed by atoms with Crippen molar-refractivity contribution in [2.45, 2.75) is 49.5 Å². The average molecular weight is 848 g/mol. The molecule has 4 rings (SSSR count). The van der Waals surface area contributed by atoms with Crippen molar-refractivity contribution < 1.29 is 131 Å². The number of halogens is 1. The summed E-state index contributed by atoms with van der Waals surface area (Å²) in [6, 6.07) is 3.94. The van der Waals surface area contributed by atoms with Gasteiger partial charge in [-0.2, -0.15) is 46.8 Å². The molecule has 4 radical (unpaired) electrons. The van der Waals surface area contributed by atoms with Crippen molar-refractivity contribution in [1.29, 1.82) is 0 Å². The molecule has 0 aliphatic carbocycles. The summed E-state index contributed by atoms with van der Waals surface area (Å²) in [5.74, 6) is 0. The summed E-state index contributed by atoms with van der Waals surface area (Å²) in [4.78, 5) is 11.3. The molecule has 168 valence electrons. The van der Waals surface area contributed by atoms with Gasteiger partial charge in [-0.3, -0.25) is 0 Å². The van der Waals surface area contributed by atoms with Crippen molar-refractivity contribution in [3.63, 3.8) is 0 Å². The van der Waals surface area contributed by atoms with E-state index in [2.05, 4.69) is 74.2 Å². The van der Waals surface area contributed by atoms with Crippen LogP contribution >= 0.6 is 22.6 Å². The van der Waals surface area contributed by atoms with Gasteiger partial charge in [0.05, 0.1) is 0 Å². The van der Waals surface area contributed by atoms with Crippen LogP contribution in [0.1, 0.15) is 42.7 Å². The van der Waals surface area contributed by atoms with Crippen molar-refractivity contribution in [3.05, 3.63) is 93.1 Å². The molecule has 0 fully saturated rings. The Morgan fingerprint density at radius 3 is 1.09 bits per heavy atom. The fraction of sp³-hybridized carbons (Fsp3) is 0.304. The van der Waals surface area contributed by atoms with Crippen LogP contribution in [0.15, 0.2) is 36.9 Å². The SMILES string of the molecule is C.C.Cc1[c-][nH]cc1.Cc1[c-][nH]cc1.Cc1[c-][nH]cc1C.Cc1[c-][nH]cc1I.[Y].[Y].[Y].[Y]. The van der Waals surface area contributed by atoms with Crippen LogP contribution in [0.25, 0.3) is 0 Å². The quantitative estimate of drug-likeness (QED) is 0.113. The topological polar surface area (TPSA) is 63.2 Å². The van der Waals surface area contributed by atoms with E-state index in [0.29, 0.717) is 0 Å². The first-order valence-corrected chi connectivity index (χ1v) is 9.24. The molecule has 0 aliphatic rings. The van der Waals surface area contributed by atoms with Crippen LogP contribution < -0.4 is 0 Å². The summed E-state index contributed by atoms with van der Waals surface area (Å²) >= 11 is 2.26. The molecule has 0 aliphatic heterocycles. The Bertz CT molecular complexity index is 723. The van der Waals surface area contributed by atoms with E-state index < -0.39 is 0 Å². The van der Waals surface area contributed by atoms with Crippen molar-refractivity contribution in [2.75, 3.05) is 0 Å². The number of aromatic amines is 4. The van der Waals surface area contributed by atoms with Crippen LogP contribution in [0.2, 0.25) is 0 Å². The largest absolute Gasteiger partial charge is 0.484 e. The fourth-order valence-electron chi connectivity index (χ4n) is 1.56. The molecule has 0 atom stereocenters. The molecule has 0 unspecified atom stereocenters. The van der Waals surface area contributed by atoms with Crippen LogP contribution in [0, 0.1) is 63.0 Å². The minimum atomic E-state index is 0. The van der Waals surface area contributed by atoms with E-state index >= 15 is 0 Å². The monoisotopic (exact) mass is 848 g/mol. The first kappa shape index (κ1) is 47.5. The van der Waals surface area contributed by atoms with Gasteiger partial charge in [0.2, 0.25) is 0 Å². The molecule has 4 aromatic heterocycles. The van der Waals surface area contributed by atoms with E-state index in [1.807, 2.05) is 64.6 Å². The number of rotatable bonds is 0. The second-order valence-electron chi connectivity index (χ2n) is 5.68. The van der Waals surface area contributed by atoms with Crippen LogP contribution in [-0.2, 0) is 131 Å². The first-order chi connectivity index (χ1) is 12.4. The van der Waals surface area contributed by atoms with Crippen LogP contribution in [0.3, 0.4) is 0 Å². The van der Waals surface area contributed by atoms with Crippen LogP contribution in [-0.4, -0.2) is 19.9 Å². The summed E-state index contributed by atoms with van der Waals surface area (Å²) in [5.41, 5.74) is 6.01. The van der Waals surface area contributed by atoms with Crippen LogP contribution in [0.4, 0.5) is 0 Å².